The van der Waals surface area contributed by atoms with Crippen molar-refractivity contribution in [3.05, 3.63) is 33.9 Å². The summed E-state index contributed by atoms with van der Waals surface area (Å²) in [6.45, 7) is 2.43. The average molecular weight is 305 g/mol. The number of nitro benzene ring substituents is 1. The lowest BCUT2D eigenvalue weighted by Crippen LogP contribution is -2.35. The predicted octanol–water partition coefficient (Wildman–Crippen LogP) is 3.95. The normalized spacial score (nSPS) is 15.4. The zero-order valence-corrected chi connectivity index (χ0v) is 13.2. The first-order valence-electron chi connectivity index (χ1n) is 7.74. The van der Waals surface area contributed by atoms with E-state index in [4.69, 9.17) is 0 Å². The number of amides is 2. The van der Waals surface area contributed by atoms with E-state index in [-0.39, 0.29) is 11.7 Å². The second kappa shape index (κ2) is 7.24. The SMILES string of the molecule is Cc1cc(NC(=O)N(C)CC2CCCCC2)ccc1[N+](=O)[O-]. The maximum absolute atomic E-state index is 12.2. The number of hydrogen-bond acceptors (Lipinski definition) is 3. The lowest BCUT2D eigenvalue weighted by Gasteiger charge is -2.27. The zero-order valence-electron chi connectivity index (χ0n) is 13.2. The van der Waals surface area contributed by atoms with Crippen LogP contribution in [0.1, 0.15) is 37.7 Å². The number of nitrogens with zero attached hydrogens (tertiary/aromatic N) is 2. The number of nitrogens with one attached hydrogen (secondary N) is 1. The predicted molar refractivity (Wildman–Crippen MR) is 86.1 cm³/mol. The number of anilines is 1. The van der Waals surface area contributed by atoms with E-state index in [1.54, 1.807) is 31.0 Å². The smallest absolute Gasteiger partial charge is 0.321 e. The van der Waals surface area contributed by atoms with Gasteiger partial charge in [0, 0.05) is 30.9 Å². The first-order valence-corrected chi connectivity index (χ1v) is 7.74. The zero-order chi connectivity index (χ0) is 16.1. The Morgan fingerprint density at radius 2 is 2.05 bits per heavy atom. The van der Waals surface area contributed by atoms with Gasteiger partial charge in [0.25, 0.3) is 5.69 Å². The molecule has 1 aromatic carbocycles. The van der Waals surface area contributed by atoms with Crippen LogP contribution in [0.25, 0.3) is 0 Å². The van der Waals surface area contributed by atoms with Gasteiger partial charge >= 0.3 is 6.03 Å². The monoisotopic (exact) mass is 305 g/mol. The summed E-state index contributed by atoms with van der Waals surface area (Å²) in [5, 5.41) is 13.6. The molecule has 0 unspecified atom stereocenters. The highest BCUT2D eigenvalue weighted by Gasteiger charge is 2.19. The van der Waals surface area contributed by atoms with Gasteiger partial charge in [0.2, 0.25) is 0 Å². The molecule has 1 aromatic rings. The molecule has 2 amide bonds. The van der Waals surface area contributed by atoms with Crippen LogP contribution in [0, 0.1) is 23.0 Å². The first kappa shape index (κ1) is 16.3. The van der Waals surface area contributed by atoms with E-state index in [1.165, 1.54) is 38.2 Å². The van der Waals surface area contributed by atoms with Gasteiger partial charge in [0.1, 0.15) is 0 Å². The van der Waals surface area contributed by atoms with E-state index >= 15 is 0 Å². The molecule has 120 valence electrons. The standard InChI is InChI=1S/C16H23N3O3/c1-12-10-14(8-9-15(12)19(21)22)17-16(20)18(2)11-13-6-4-3-5-7-13/h8-10,13H,3-7,11H2,1-2H3,(H,17,20). The van der Waals surface area contributed by atoms with Crippen LogP contribution in [-0.2, 0) is 0 Å². The fourth-order valence-corrected chi connectivity index (χ4v) is 3.00. The van der Waals surface area contributed by atoms with Crippen LogP contribution in [-0.4, -0.2) is 29.4 Å². The maximum Gasteiger partial charge on any atom is 0.321 e. The van der Waals surface area contributed by atoms with E-state index in [9.17, 15) is 14.9 Å². The van der Waals surface area contributed by atoms with Crippen LogP contribution in [0.15, 0.2) is 18.2 Å². The number of carbonyl (C=O) groups excluding carboxylic acids is 1. The molecule has 0 radical (unpaired) electrons. The second-order valence-corrected chi connectivity index (χ2v) is 6.07. The molecular weight excluding hydrogens is 282 g/mol. The topological polar surface area (TPSA) is 75.5 Å². The maximum atomic E-state index is 12.2. The van der Waals surface area contributed by atoms with Crippen molar-refractivity contribution in [2.75, 3.05) is 18.9 Å². The Morgan fingerprint density at radius 1 is 1.36 bits per heavy atom. The van der Waals surface area contributed by atoms with Gasteiger partial charge in [-0.3, -0.25) is 10.1 Å². The highest BCUT2D eigenvalue weighted by Crippen LogP contribution is 2.25. The molecule has 1 fully saturated rings. The van der Waals surface area contributed by atoms with Crippen molar-refractivity contribution in [1.29, 1.82) is 0 Å². The van der Waals surface area contributed by atoms with Crippen molar-refractivity contribution in [2.45, 2.75) is 39.0 Å². The summed E-state index contributed by atoms with van der Waals surface area (Å²) in [6, 6.07) is 4.45. The number of aryl methyl sites for hydroxylation is 1. The van der Waals surface area contributed by atoms with Crippen LogP contribution in [0.5, 0.6) is 0 Å². The molecule has 0 aliphatic heterocycles. The minimum Gasteiger partial charge on any atom is -0.327 e. The molecule has 0 aromatic heterocycles. The largest absolute Gasteiger partial charge is 0.327 e. The third-order valence-electron chi connectivity index (χ3n) is 4.25. The Kier molecular flexibility index (Phi) is 5.35. The molecule has 0 spiro atoms. The summed E-state index contributed by atoms with van der Waals surface area (Å²) in [6.07, 6.45) is 6.18. The van der Waals surface area contributed by atoms with Gasteiger partial charge in [-0.1, -0.05) is 19.3 Å². The third kappa shape index (κ3) is 4.19. The molecule has 0 saturated heterocycles. The molecule has 2 rings (SSSR count). The van der Waals surface area contributed by atoms with E-state index in [0.717, 1.165) is 6.54 Å². The fourth-order valence-electron chi connectivity index (χ4n) is 3.00. The van der Waals surface area contributed by atoms with Gasteiger partial charge in [0.05, 0.1) is 4.92 Å². The highest BCUT2D eigenvalue weighted by molar-refractivity contribution is 5.89. The minimum absolute atomic E-state index is 0.0635. The van der Waals surface area contributed by atoms with E-state index in [1.807, 2.05) is 0 Å². The Labute approximate surface area is 130 Å². The average Bonchev–Trinajstić information content (AvgIpc) is 2.47. The molecule has 0 atom stereocenters. The van der Waals surface area contributed by atoms with Crippen LogP contribution < -0.4 is 5.32 Å². The lowest BCUT2D eigenvalue weighted by molar-refractivity contribution is -0.385. The Morgan fingerprint density at radius 3 is 2.64 bits per heavy atom. The lowest BCUT2D eigenvalue weighted by atomic mass is 9.89. The van der Waals surface area contributed by atoms with Crippen LogP contribution in [0.2, 0.25) is 0 Å². The van der Waals surface area contributed by atoms with Crippen molar-refractivity contribution in [1.82, 2.24) is 4.90 Å². The quantitative estimate of drug-likeness (QED) is 0.676. The second-order valence-electron chi connectivity index (χ2n) is 6.07. The molecule has 1 aliphatic carbocycles. The van der Waals surface area contributed by atoms with Crippen molar-refractivity contribution < 1.29 is 9.72 Å². The van der Waals surface area contributed by atoms with Crippen molar-refractivity contribution >= 4 is 17.4 Å². The first-order chi connectivity index (χ1) is 10.5. The van der Waals surface area contributed by atoms with Gasteiger partial charge < -0.3 is 10.2 Å². The summed E-state index contributed by atoms with van der Waals surface area (Å²) < 4.78 is 0. The molecule has 6 heteroatoms. The molecule has 1 aliphatic rings. The van der Waals surface area contributed by atoms with E-state index in [0.29, 0.717) is 17.2 Å². The van der Waals surface area contributed by atoms with Gasteiger partial charge in [-0.05, 0) is 37.8 Å². The highest BCUT2D eigenvalue weighted by atomic mass is 16.6. The molecule has 0 bridgehead atoms. The number of carbonyl (C=O) groups is 1. The number of benzene rings is 1. The summed E-state index contributed by atoms with van der Waals surface area (Å²) in [5.74, 6) is 0.586. The van der Waals surface area contributed by atoms with Crippen LogP contribution in [0.3, 0.4) is 0 Å². The molecule has 6 nitrogen and oxygen atoms in total. The van der Waals surface area contributed by atoms with Crippen LogP contribution in [0.4, 0.5) is 16.2 Å². The minimum atomic E-state index is -0.421. The molecular formula is C16H23N3O3. The summed E-state index contributed by atoms with van der Waals surface area (Å²) in [4.78, 5) is 24.3. The number of rotatable bonds is 4. The Bertz CT molecular complexity index is 554. The number of hydrogen-bond donors (Lipinski definition) is 1. The van der Waals surface area contributed by atoms with E-state index < -0.39 is 4.92 Å². The number of nitro groups is 1. The van der Waals surface area contributed by atoms with Crippen LogP contribution >= 0.6 is 0 Å². The van der Waals surface area contributed by atoms with Crippen molar-refractivity contribution in [2.24, 2.45) is 5.92 Å². The van der Waals surface area contributed by atoms with Gasteiger partial charge in [-0.2, -0.15) is 0 Å². The van der Waals surface area contributed by atoms with Gasteiger partial charge in [0.15, 0.2) is 0 Å². The van der Waals surface area contributed by atoms with Crippen molar-refractivity contribution in [3.63, 3.8) is 0 Å². The molecule has 22 heavy (non-hydrogen) atoms. The van der Waals surface area contributed by atoms with E-state index in [2.05, 4.69) is 5.32 Å². The fraction of sp³-hybridized carbons (Fsp3) is 0.562. The Hall–Kier alpha value is -2.11. The third-order valence-corrected chi connectivity index (χ3v) is 4.25. The Balaban J connectivity index is 1.93. The van der Waals surface area contributed by atoms with Gasteiger partial charge in [-0.15, -0.1) is 0 Å². The summed E-state index contributed by atoms with van der Waals surface area (Å²) in [7, 11) is 1.79. The number of urea groups is 1. The summed E-state index contributed by atoms with van der Waals surface area (Å²) in [5.41, 5.74) is 1.19. The molecule has 0 heterocycles. The summed E-state index contributed by atoms with van der Waals surface area (Å²) >= 11 is 0. The van der Waals surface area contributed by atoms with Crippen molar-refractivity contribution in [3.8, 4) is 0 Å². The van der Waals surface area contributed by atoms with Gasteiger partial charge in [-0.25, -0.2) is 4.79 Å². The molecule has 1 saturated carbocycles. The molecule has 1 N–H and O–H groups in total.